The number of aromatic nitrogens is 2. The molecule has 9 heteroatoms. The number of rotatable bonds is 5. The van der Waals surface area contributed by atoms with Crippen LogP contribution < -0.4 is 16.0 Å². The number of likely N-dealkylation sites (tertiary alicyclic amines) is 1. The lowest BCUT2D eigenvalue weighted by Crippen LogP contribution is -2.62. The minimum Gasteiger partial charge on any atom is -0.349 e. The summed E-state index contributed by atoms with van der Waals surface area (Å²) in [6.07, 6.45) is 4.98. The van der Waals surface area contributed by atoms with Crippen molar-refractivity contribution >= 4 is 34.9 Å². The van der Waals surface area contributed by atoms with Gasteiger partial charge >= 0.3 is 6.03 Å². The van der Waals surface area contributed by atoms with Gasteiger partial charge in [-0.15, -0.1) is 0 Å². The van der Waals surface area contributed by atoms with Gasteiger partial charge in [-0.1, -0.05) is 29.8 Å². The summed E-state index contributed by atoms with van der Waals surface area (Å²) in [6.45, 7) is 8.86. The van der Waals surface area contributed by atoms with Crippen LogP contribution in [0.5, 0.6) is 0 Å². The fourth-order valence-corrected chi connectivity index (χ4v) is 5.09. The Bertz CT molecular complexity index is 1250. The van der Waals surface area contributed by atoms with E-state index in [1.54, 1.807) is 53.5 Å². The number of anilines is 2. The quantitative estimate of drug-likeness (QED) is 0.421. The first-order valence-corrected chi connectivity index (χ1v) is 12.3. The van der Waals surface area contributed by atoms with Gasteiger partial charge in [0.2, 0.25) is 0 Å². The van der Waals surface area contributed by atoms with Crippen molar-refractivity contribution in [3.63, 3.8) is 0 Å². The van der Waals surface area contributed by atoms with Gasteiger partial charge in [-0.2, -0.15) is 5.10 Å². The van der Waals surface area contributed by atoms with E-state index in [4.69, 9.17) is 11.6 Å². The third kappa shape index (κ3) is 5.71. The van der Waals surface area contributed by atoms with Crippen LogP contribution in [0.3, 0.4) is 0 Å². The zero-order chi connectivity index (χ0) is 26.1. The Balaban J connectivity index is 1.42. The van der Waals surface area contributed by atoms with Crippen molar-refractivity contribution in [3.8, 4) is 5.69 Å². The highest BCUT2D eigenvalue weighted by molar-refractivity contribution is 6.33. The zero-order valence-electron chi connectivity index (χ0n) is 21.3. The van der Waals surface area contributed by atoms with Crippen molar-refractivity contribution < 1.29 is 9.59 Å². The largest absolute Gasteiger partial charge is 0.349 e. The highest BCUT2D eigenvalue weighted by atomic mass is 35.5. The molecular formula is C27H33ClN6O2. The first-order valence-electron chi connectivity index (χ1n) is 12.0. The molecule has 190 valence electrons. The molecule has 0 unspecified atom stereocenters. The van der Waals surface area contributed by atoms with Gasteiger partial charge in [0.05, 0.1) is 34.5 Å². The standard InChI is InChI=1S/C27H33ClN6O2/c1-26(2)14-19(15-27(3,4)33(26)5)30-24(35)18-9-8-10-21(13-18)34-17-20(16-29-34)31-25(36)32-23-12-7-6-11-22(23)28/h6-13,16-17,19H,14-15H2,1-5H3,(H,30,35)(H2,31,32,36). The molecule has 1 aromatic heterocycles. The predicted molar refractivity (Wildman–Crippen MR) is 144 cm³/mol. The molecule has 8 nitrogen and oxygen atoms in total. The maximum atomic E-state index is 13.1. The minimum absolute atomic E-state index is 0.0157. The third-order valence-electron chi connectivity index (χ3n) is 6.98. The number of carbonyl (C=O) groups excluding carboxylic acids is 2. The minimum atomic E-state index is -0.431. The van der Waals surface area contributed by atoms with Crippen LogP contribution in [0.4, 0.5) is 16.2 Å². The summed E-state index contributed by atoms with van der Waals surface area (Å²) in [5, 5.41) is 13.5. The number of piperidine rings is 1. The van der Waals surface area contributed by atoms with Gasteiger partial charge in [0, 0.05) is 22.7 Å². The van der Waals surface area contributed by atoms with Crippen molar-refractivity contribution in [2.45, 2.75) is 57.7 Å². The van der Waals surface area contributed by atoms with Crippen molar-refractivity contribution in [2.75, 3.05) is 17.7 Å². The SMILES string of the molecule is CN1C(C)(C)CC(NC(=O)c2cccc(-n3cc(NC(=O)Nc4ccccc4Cl)cn3)c2)CC1(C)C. The lowest BCUT2D eigenvalue weighted by atomic mass is 9.77. The number of para-hydroxylation sites is 1. The van der Waals surface area contributed by atoms with E-state index in [-0.39, 0.29) is 23.0 Å². The highest BCUT2D eigenvalue weighted by Crippen LogP contribution is 2.37. The molecule has 1 aliphatic heterocycles. The number of hydrogen-bond donors (Lipinski definition) is 3. The van der Waals surface area contributed by atoms with Crippen LogP contribution in [0.15, 0.2) is 60.9 Å². The lowest BCUT2D eigenvalue weighted by Gasteiger charge is -2.53. The highest BCUT2D eigenvalue weighted by Gasteiger charge is 2.43. The van der Waals surface area contributed by atoms with Gasteiger partial charge in [-0.25, -0.2) is 9.48 Å². The summed E-state index contributed by atoms with van der Waals surface area (Å²) in [5.41, 5.74) is 2.26. The van der Waals surface area contributed by atoms with E-state index in [9.17, 15) is 9.59 Å². The molecule has 1 aliphatic rings. The van der Waals surface area contributed by atoms with Crippen LogP contribution in [0.25, 0.3) is 5.69 Å². The maximum Gasteiger partial charge on any atom is 0.323 e. The smallest absolute Gasteiger partial charge is 0.323 e. The number of nitrogens with zero attached hydrogens (tertiary/aromatic N) is 3. The second-order valence-corrected chi connectivity index (χ2v) is 11.0. The fraction of sp³-hybridized carbons (Fsp3) is 0.370. The molecule has 0 aliphatic carbocycles. The third-order valence-corrected chi connectivity index (χ3v) is 7.31. The van der Waals surface area contributed by atoms with Gasteiger partial charge in [0.15, 0.2) is 0 Å². The van der Waals surface area contributed by atoms with E-state index >= 15 is 0 Å². The van der Waals surface area contributed by atoms with Gasteiger partial charge < -0.3 is 16.0 Å². The number of amides is 3. The maximum absolute atomic E-state index is 13.1. The van der Waals surface area contributed by atoms with Crippen LogP contribution in [-0.2, 0) is 0 Å². The molecule has 3 N–H and O–H groups in total. The second kappa shape index (κ2) is 9.95. The lowest BCUT2D eigenvalue weighted by molar-refractivity contribution is -0.0169. The first-order chi connectivity index (χ1) is 16.9. The van der Waals surface area contributed by atoms with Gasteiger partial charge in [-0.3, -0.25) is 9.69 Å². The average Bonchev–Trinajstić information content (AvgIpc) is 3.27. The van der Waals surface area contributed by atoms with Crippen molar-refractivity contribution in [2.24, 2.45) is 0 Å². The van der Waals surface area contributed by atoms with Crippen LogP contribution in [0.1, 0.15) is 50.9 Å². The van der Waals surface area contributed by atoms with Crippen LogP contribution in [0.2, 0.25) is 5.02 Å². The molecule has 0 spiro atoms. The summed E-state index contributed by atoms with van der Waals surface area (Å²) in [7, 11) is 2.15. The molecule has 4 rings (SSSR count). The van der Waals surface area contributed by atoms with E-state index in [0.29, 0.717) is 27.6 Å². The monoisotopic (exact) mass is 508 g/mol. The molecule has 3 amide bonds. The number of urea groups is 1. The molecule has 3 aromatic rings. The van der Waals surface area contributed by atoms with Crippen LogP contribution in [-0.4, -0.2) is 50.8 Å². The molecule has 0 bridgehead atoms. The van der Waals surface area contributed by atoms with Crippen LogP contribution in [0, 0.1) is 0 Å². The number of nitrogens with one attached hydrogen (secondary N) is 3. The second-order valence-electron chi connectivity index (χ2n) is 10.5. The number of carbonyl (C=O) groups is 2. The fourth-order valence-electron chi connectivity index (χ4n) is 4.91. The molecule has 1 fully saturated rings. The van der Waals surface area contributed by atoms with E-state index in [1.807, 2.05) is 12.1 Å². The number of hydrogen-bond acceptors (Lipinski definition) is 4. The first kappa shape index (κ1) is 25.7. The average molecular weight is 509 g/mol. The van der Waals surface area contributed by atoms with Crippen LogP contribution >= 0.6 is 11.6 Å². The molecule has 2 aromatic carbocycles. The van der Waals surface area contributed by atoms with Gasteiger partial charge in [-0.05, 0) is 77.9 Å². The Morgan fingerprint density at radius 1 is 1.00 bits per heavy atom. The van der Waals surface area contributed by atoms with Gasteiger partial charge in [0.1, 0.15) is 0 Å². The van der Waals surface area contributed by atoms with E-state index in [2.05, 4.69) is 60.7 Å². The molecule has 2 heterocycles. The molecule has 36 heavy (non-hydrogen) atoms. The molecular weight excluding hydrogens is 476 g/mol. The topological polar surface area (TPSA) is 91.3 Å². The van der Waals surface area contributed by atoms with Gasteiger partial charge in [0.25, 0.3) is 5.91 Å². The summed E-state index contributed by atoms with van der Waals surface area (Å²) < 4.78 is 1.61. The number of benzene rings is 2. The normalized spacial score (nSPS) is 17.4. The summed E-state index contributed by atoms with van der Waals surface area (Å²) in [5.74, 6) is -0.109. The van der Waals surface area contributed by atoms with Crippen molar-refractivity contribution in [3.05, 3.63) is 71.5 Å². The zero-order valence-corrected chi connectivity index (χ0v) is 22.1. The Morgan fingerprint density at radius 2 is 1.69 bits per heavy atom. The molecule has 0 atom stereocenters. The summed E-state index contributed by atoms with van der Waals surface area (Å²) >= 11 is 6.10. The van der Waals surface area contributed by atoms with Crippen molar-refractivity contribution in [1.29, 1.82) is 0 Å². The Kier molecular flexibility index (Phi) is 7.11. The van der Waals surface area contributed by atoms with Crippen molar-refractivity contribution in [1.82, 2.24) is 20.0 Å². The van der Waals surface area contributed by atoms with E-state index in [1.165, 1.54) is 0 Å². The Hall–Kier alpha value is -3.36. The summed E-state index contributed by atoms with van der Waals surface area (Å²) in [6, 6.07) is 13.9. The molecule has 0 radical (unpaired) electrons. The molecule has 1 saturated heterocycles. The number of halogens is 1. The predicted octanol–water partition coefficient (Wildman–Crippen LogP) is 5.55. The molecule has 0 saturated carbocycles. The Labute approximate surface area is 217 Å². The Morgan fingerprint density at radius 3 is 2.39 bits per heavy atom. The van der Waals surface area contributed by atoms with E-state index < -0.39 is 6.03 Å². The summed E-state index contributed by atoms with van der Waals surface area (Å²) in [4.78, 5) is 27.9. The van der Waals surface area contributed by atoms with E-state index in [0.717, 1.165) is 12.8 Å².